The number of aldehydes is 1. The SMILES string of the molecule is O=CCCCCCC/C=C/C(=O)c1ccccc1. The van der Waals surface area contributed by atoms with Gasteiger partial charge in [-0.05, 0) is 25.3 Å². The zero-order valence-corrected chi connectivity index (χ0v) is 10.7. The van der Waals surface area contributed by atoms with E-state index in [1.807, 2.05) is 36.4 Å². The molecule has 1 aromatic rings. The Labute approximate surface area is 109 Å². The molecule has 0 fully saturated rings. The summed E-state index contributed by atoms with van der Waals surface area (Å²) in [5, 5.41) is 0. The zero-order valence-electron chi connectivity index (χ0n) is 10.7. The molecule has 0 saturated carbocycles. The Morgan fingerprint density at radius 2 is 1.61 bits per heavy atom. The molecule has 1 rings (SSSR count). The summed E-state index contributed by atoms with van der Waals surface area (Å²) < 4.78 is 0. The lowest BCUT2D eigenvalue weighted by Gasteiger charge is -1.96. The van der Waals surface area contributed by atoms with E-state index >= 15 is 0 Å². The first-order valence-electron chi connectivity index (χ1n) is 6.54. The summed E-state index contributed by atoms with van der Waals surface area (Å²) in [6.45, 7) is 0. The second kappa shape index (κ2) is 9.34. The molecule has 0 aliphatic carbocycles. The number of allylic oxidation sites excluding steroid dienone is 2. The zero-order chi connectivity index (χ0) is 13.1. The standard InChI is InChI=1S/C16H20O2/c17-14-10-5-3-1-2-4-9-13-16(18)15-11-7-6-8-12-15/h6-9,11-14H,1-5,10H2/b13-9+. The number of hydrogen-bond donors (Lipinski definition) is 0. The van der Waals surface area contributed by atoms with Gasteiger partial charge in [0, 0.05) is 12.0 Å². The lowest BCUT2D eigenvalue weighted by Crippen LogP contribution is -1.92. The van der Waals surface area contributed by atoms with Gasteiger partial charge in [0.05, 0.1) is 0 Å². The topological polar surface area (TPSA) is 34.1 Å². The summed E-state index contributed by atoms with van der Waals surface area (Å²) >= 11 is 0. The highest BCUT2D eigenvalue weighted by Gasteiger charge is 1.98. The van der Waals surface area contributed by atoms with Gasteiger partial charge in [-0.25, -0.2) is 0 Å². The quantitative estimate of drug-likeness (QED) is 0.285. The molecular formula is C16H20O2. The van der Waals surface area contributed by atoms with Crippen molar-refractivity contribution in [2.45, 2.75) is 38.5 Å². The summed E-state index contributed by atoms with van der Waals surface area (Å²) in [4.78, 5) is 21.8. The first-order chi connectivity index (χ1) is 8.84. The molecule has 0 heterocycles. The van der Waals surface area contributed by atoms with Gasteiger partial charge in [0.2, 0.25) is 0 Å². The monoisotopic (exact) mass is 244 g/mol. The summed E-state index contributed by atoms with van der Waals surface area (Å²) in [6.07, 6.45) is 10.4. The molecule has 0 aliphatic rings. The van der Waals surface area contributed by atoms with E-state index in [1.54, 1.807) is 6.08 Å². The summed E-state index contributed by atoms with van der Waals surface area (Å²) in [6, 6.07) is 9.29. The molecule has 0 spiro atoms. The van der Waals surface area contributed by atoms with E-state index in [9.17, 15) is 9.59 Å². The lowest BCUT2D eigenvalue weighted by molar-refractivity contribution is -0.107. The average molecular weight is 244 g/mol. The van der Waals surface area contributed by atoms with Crippen LogP contribution in [0.5, 0.6) is 0 Å². The molecule has 2 nitrogen and oxygen atoms in total. The molecule has 0 amide bonds. The van der Waals surface area contributed by atoms with E-state index in [0.29, 0.717) is 6.42 Å². The fourth-order valence-electron chi connectivity index (χ4n) is 1.73. The van der Waals surface area contributed by atoms with Crippen molar-refractivity contribution in [2.75, 3.05) is 0 Å². The highest BCUT2D eigenvalue weighted by molar-refractivity contribution is 6.04. The molecule has 0 N–H and O–H groups in total. The van der Waals surface area contributed by atoms with Crippen molar-refractivity contribution < 1.29 is 9.59 Å². The fraction of sp³-hybridized carbons (Fsp3) is 0.375. The smallest absolute Gasteiger partial charge is 0.185 e. The van der Waals surface area contributed by atoms with Crippen molar-refractivity contribution >= 4 is 12.1 Å². The third kappa shape index (κ3) is 6.14. The molecule has 0 saturated heterocycles. The number of rotatable bonds is 9. The number of ketones is 1. The molecular weight excluding hydrogens is 224 g/mol. The third-order valence-electron chi connectivity index (χ3n) is 2.77. The Balaban J connectivity index is 2.13. The number of benzene rings is 1. The van der Waals surface area contributed by atoms with Gasteiger partial charge in [0.15, 0.2) is 5.78 Å². The van der Waals surface area contributed by atoms with Crippen LogP contribution in [0.3, 0.4) is 0 Å². The van der Waals surface area contributed by atoms with Gasteiger partial charge in [-0.15, -0.1) is 0 Å². The van der Waals surface area contributed by atoms with Gasteiger partial charge in [-0.1, -0.05) is 49.2 Å². The Morgan fingerprint density at radius 3 is 2.28 bits per heavy atom. The second-order valence-electron chi connectivity index (χ2n) is 4.29. The van der Waals surface area contributed by atoms with Gasteiger partial charge in [-0.2, -0.15) is 0 Å². The van der Waals surface area contributed by atoms with Crippen molar-refractivity contribution in [1.29, 1.82) is 0 Å². The normalized spacial score (nSPS) is 10.7. The van der Waals surface area contributed by atoms with Crippen LogP contribution in [0.4, 0.5) is 0 Å². The Hall–Kier alpha value is -1.70. The number of hydrogen-bond acceptors (Lipinski definition) is 2. The Bertz CT molecular complexity index is 379. The van der Waals surface area contributed by atoms with Crippen LogP contribution < -0.4 is 0 Å². The van der Waals surface area contributed by atoms with Crippen LogP contribution in [0, 0.1) is 0 Å². The molecule has 1 aromatic carbocycles. The molecule has 0 bridgehead atoms. The fourth-order valence-corrected chi connectivity index (χ4v) is 1.73. The maximum absolute atomic E-state index is 11.7. The summed E-state index contributed by atoms with van der Waals surface area (Å²) in [5.41, 5.74) is 0.736. The van der Waals surface area contributed by atoms with Gasteiger partial charge in [0.1, 0.15) is 6.29 Å². The number of carbonyl (C=O) groups excluding carboxylic acids is 2. The second-order valence-corrected chi connectivity index (χ2v) is 4.29. The van der Waals surface area contributed by atoms with Crippen LogP contribution in [-0.2, 0) is 4.79 Å². The predicted molar refractivity (Wildman–Crippen MR) is 73.7 cm³/mol. The van der Waals surface area contributed by atoms with Crippen molar-refractivity contribution in [1.82, 2.24) is 0 Å². The van der Waals surface area contributed by atoms with Crippen LogP contribution in [0.1, 0.15) is 48.9 Å². The van der Waals surface area contributed by atoms with Gasteiger partial charge in [-0.3, -0.25) is 4.79 Å². The first kappa shape index (κ1) is 14.4. The average Bonchev–Trinajstić information content (AvgIpc) is 2.42. The minimum absolute atomic E-state index is 0.0663. The van der Waals surface area contributed by atoms with E-state index in [2.05, 4.69) is 0 Å². The lowest BCUT2D eigenvalue weighted by atomic mass is 10.1. The maximum Gasteiger partial charge on any atom is 0.185 e. The van der Waals surface area contributed by atoms with Gasteiger partial charge in [0.25, 0.3) is 0 Å². The highest BCUT2D eigenvalue weighted by Crippen LogP contribution is 2.06. The van der Waals surface area contributed by atoms with E-state index in [0.717, 1.165) is 44.0 Å². The summed E-state index contributed by atoms with van der Waals surface area (Å²) in [7, 11) is 0. The van der Waals surface area contributed by atoms with E-state index in [1.165, 1.54) is 0 Å². The molecule has 0 aliphatic heterocycles. The number of unbranched alkanes of at least 4 members (excludes halogenated alkanes) is 5. The van der Waals surface area contributed by atoms with E-state index in [-0.39, 0.29) is 5.78 Å². The van der Waals surface area contributed by atoms with E-state index < -0.39 is 0 Å². The molecule has 0 atom stereocenters. The van der Waals surface area contributed by atoms with Crippen LogP contribution >= 0.6 is 0 Å². The van der Waals surface area contributed by atoms with Crippen LogP contribution in [0.2, 0.25) is 0 Å². The van der Waals surface area contributed by atoms with Gasteiger partial charge < -0.3 is 4.79 Å². The maximum atomic E-state index is 11.7. The Morgan fingerprint density at radius 1 is 0.944 bits per heavy atom. The van der Waals surface area contributed by atoms with Crippen molar-refractivity contribution in [2.24, 2.45) is 0 Å². The molecule has 0 unspecified atom stereocenters. The predicted octanol–water partition coefficient (Wildman–Crippen LogP) is 3.97. The van der Waals surface area contributed by atoms with Gasteiger partial charge >= 0.3 is 0 Å². The minimum Gasteiger partial charge on any atom is -0.303 e. The van der Waals surface area contributed by atoms with Crippen molar-refractivity contribution in [3.63, 3.8) is 0 Å². The van der Waals surface area contributed by atoms with Crippen LogP contribution in [0.25, 0.3) is 0 Å². The molecule has 0 radical (unpaired) electrons. The molecule has 96 valence electrons. The van der Waals surface area contributed by atoms with E-state index in [4.69, 9.17) is 0 Å². The Kier molecular flexibility index (Phi) is 7.45. The van der Waals surface area contributed by atoms with Crippen LogP contribution in [0.15, 0.2) is 42.5 Å². The number of carbonyl (C=O) groups is 2. The molecule has 2 heteroatoms. The van der Waals surface area contributed by atoms with Crippen LogP contribution in [-0.4, -0.2) is 12.1 Å². The first-order valence-corrected chi connectivity index (χ1v) is 6.54. The third-order valence-corrected chi connectivity index (χ3v) is 2.77. The highest BCUT2D eigenvalue weighted by atomic mass is 16.1. The molecule has 18 heavy (non-hydrogen) atoms. The largest absolute Gasteiger partial charge is 0.303 e. The summed E-state index contributed by atoms with van der Waals surface area (Å²) in [5.74, 6) is 0.0663. The van der Waals surface area contributed by atoms with Crippen molar-refractivity contribution in [3.8, 4) is 0 Å². The van der Waals surface area contributed by atoms with Crippen molar-refractivity contribution in [3.05, 3.63) is 48.0 Å². The minimum atomic E-state index is 0.0663. The molecule has 0 aromatic heterocycles.